The number of nitrogens with one attached hydrogen (secondary N) is 4. The number of aliphatic carboxylic acids is 1. The van der Waals surface area contributed by atoms with Crippen LogP contribution in [-0.4, -0.2) is 83.7 Å². The van der Waals surface area contributed by atoms with E-state index in [1.807, 2.05) is 50.2 Å². The number of ether oxygens (including phenoxy) is 2. The predicted octanol–water partition coefficient (Wildman–Crippen LogP) is 3.68. The third-order valence-corrected chi connectivity index (χ3v) is 7.68. The minimum absolute atomic E-state index is 0.00210. The number of hydrogen-bond acceptors (Lipinski definition) is 8. The summed E-state index contributed by atoms with van der Waals surface area (Å²) in [6, 6.07) is 12.3. The van der Waals surface area contributed by atoms with Gasteiger partial charge in [-0.1, -0.05) is 62.4 Å². The van der Waals surface area contributed by atoms with Gasteiger partial charge in [-0.05, 0) is 74.6 Å². The minimum Gasteiger partial charge on any atom is -0.480 e. The van der Waals surface area contributed by atoms with Crippen molar-refractivity contribution in [3.05, 3.63) is 59.7 Å². The Kier molecular flexibility index (Phi) is 13.8. The molecule has 3 atom stereocenters. The lowest BCUT2D eigenvalue weighted by molar-refractivity contribution is -0.143. The lowest BCUT2D eigenvalue weighted by Gasteiger charge is -2.26. The Morgan fingerprint density at radius 2 is 1.35 bits per heavy atom. The SMILES string of the molecule is CC(C)CC(NC(=O)OC(C)(C)C)C(=O)NC(CCCCNC(=O)OCC1c2ccccc2-c2ccccc21)C(=O)NC(CO)C(=O)O. The maximum Gasteiger partial charge on any atom is 0.408 e. The molecule has 0 aliphatic heterocycles. The zero-order valence-corrected chi connectivity index (χ0v) is 28.2. The van der Waals surface area contributed by atoms with E-state index in [9.17, 15) is 34.2 Å². The smallest absolute Gasteiger partial charge is 0.408 e. The van der Waals surface area contributed by atoms with Crippen LogP contribution in [0, 0.1) is 5.92 Å². The van der Waals surface area contributed by atoms with E-state index >= 15 is 0 Å². The zero-order chi connectivity index (χ0) is 35.4. The molecule has 13 nitrogen and oxygen atoms in total. The molecule has 0 heterocycles. The van der Waals surface area contributed by atoms with Crippen molar-refractivity contribution in [1.29, 1.82) is 0 Å². The first-order valence-electron chi connectivity index (χ1n) is 16.2. The highest BCUT2D eigenvalue weighted by Gasteiger charge is 2.31. The number of hydrogen-bond donors (Lipinski definition) is 6. The fourth-order valence-corrected chi connectivity index (χ4v) is 5.46. The topological polar surface area (TPSA) is 192 Å². The van der Waals surface area contributed by atoms with Gasteiger partial charge in [0.15, 0.2) is 0 Å². The van der Waals surface area contributed by atoms with Crippen LogP contribution in [0.25, 0.3) is 11.1 Å². The number of carbonyl (C=O) groups excluding carboxylic acids is 4. The average molecular weight is 669 g/mol. The van der Waals surface area contributed by atoms with E-state index < -0.39 is 60.3 Å². The standard InChI is InChI=1S/C35H48N4O9/c1-21(2)18-28(39-34(46)48-35(3,4)5)31(42)37-27(30(41)38-29(19-40)32(43)44)16-10-11-17-36-33(45)47-20-26-24-14-8-6-12-22(24)23-13-7-9-15-25(23)26/h6-9,12-15,21,26-29,40H,10-11,16-20H2,1-5H3,(H,36,45)(H,37,42)(H,38,41)(H,39,46)(H,43,44). The molecule has 0 fully saturated rings. The third-order valence-electron chi connectivity index (χ3n) is 7.68. The van der Waals surface area contributed by atoms with Gasteiger partial charge < -0.3 is 41.0 Å². The van der Waals surface area contributed by atoms with Crippen molar-refractivity contribution in [2.45, 2.75) is 89.9 Å². The quantitative estimate of drug-likeness (QED) is 0.145. The second kappa shape index (κ2) is 17.5. The third kappa shape index (κ3) is 11.3. The average Bonchev–Trinajstić information content (AvgIpc) is 3.33. The number of amides is 4. The number of alkyl carbamates (subject to hydrolysis) is 2. The molecule has 0 radical (unpaired) electrons. The van der Waals surface area contributed by atoms with Gasteiger partial charge >= 0.3 is 18.2 Å². The largest absolute Gasteiger partial charge is 0.480 e. The van der Waals surface area contributed by atoms with Crippen LogP contribution < -0.4 is 21.3 Å². The van der Waals surface area contributed by atoms with Crippen molar-refractivity contribution < 1.29 is 43.7 Å². The van der Waals surface area contributed by atoms with Crippen molar-refractivity contribution in [1.82, 2.24) is 21.3 Å². The number of carbonyl (C=O) groups is 5. The number of benzene rings is 2. The molecule has 48 heavy (non-hydrogen) atoms. The first kappa shape index (κ1) is 37.8. The molecule has 1 aliphatic carbocycles. The van der Waals surface area contributed by atoms with Crippen LogP contribution in [0.2, 0.25) is 0 Å². The van der Waals surface area contributed by atoms with Gasteiger partial charge in [-0.2, -0.15) is 0 Å². The van der Waals surface area contributed by atoms with E-state index in [0.717, 1.165) is 22.3 Å². The molecule has 0 spiro atoms. The number of aliphatic hydroxyl groups is 1. The molecule has 13 heteroatoms. The highest BCUT2D eigenvalue weighted by molar-refractivity contribution is 5.93. The fourth-order valence-electron chi connectivity index (χ4n) is 5.46. The van der Waals surface area contributed by atoms with Crippen molar-refractivity contribution in [2.75, 3.05) is 19.8 Å². The molecule has 0 saturated heterocycles. The van der Waals surface area contributed by atoms with E-state index in [0.29, 0.717) is 12.8 Å². The first-order valence-corrected chi connectivity index (χ1v) is 16.2. The summed E-state index contributed by atoms with van der Waals surface area (Å²) in [5, 5.41) is 28.8. The van der Waals surface area contributed by atoms with E-state index in [1.165, 1.54) is 0 Å². The van der Waals surface area contributed by atoms with Gasteiger partial charge in [0.05, 0.1) is 6.61 Å². The van der Waals surface area contributed by atoms with Gasteiger partial charge in [-0.15, -0.1) is 0 Å². The van der Waals surface area contributed by atoms with Gasteiger partial charge in [0, 0.05) is 12.5 Å². The lowest BCUT2D eigenvalue weighted by Crippen LogP contribution is -2.56. The van der Waals surface area contributed by atoms with Gasteiger partial charge in [0.25, 0.3) is 0 Å². The van der Waals surface area contributed by atoms with Crippen LogP contribution in [0.5, 0.6) is 0 Å². The van der Waals surface area contributed by atoms with E-state index in [-0.39, 0.29) is 37.8 Å². The summed E-state index contributed by atoms with van der Waals surface area (Å²) in [6.45, 7) is 8.34. The van der Waals surface area contributed by atoms with Crippen LogP contribution >= 0.6 is 0 Å². The fraction of sp³-hybridized carbons (Fsp3) is 0.514. The summed E-state index contributed by atoms with van der Waals surface area (Å²) in [6.07, 6.45) is -0.280. The number of carboxylic acid groups (broad SMARTS) is 1. The monoisotopic (exact) mass is 668 g/mol. The Bertz CT molecular complexity index is 1390. The second-order valence-corrected chi connectivity index (χ2v) is 13.2. The molecule has 4 amide bonds. The van der Waals surface area contributed by atoms with E-state index in [2.05, 4.69) is 33.4 Å². The van der Waals surface area contributed by atoms with Gasteiger partial charge in [-0.25, -0.2) is 14.4 Å². The highest BCUT2D eigenvalue weighted by Crippen LogP contribution is 2.44. The van der Waals surface area contributed by atoms with Crippen molar-refractivity contribution in [3.63, 3.8) is 0 Å². The van der Waals surface area contributed by atoms with Gasteiger partial charge in [-0.3, -0.25) is 9.59 Å². The maximum absolute atomic E-state index is 13.3. The van der Waals surface area contributed by atoms with Crippen LogP contribution in [0.1, 0.15) is 77.3 Å². The minimum atomic E-state index is -1.57. The molecule has 0 bridgehead atoms. The van der Waals surface area contributed by atoms with Crippen molar-refractivity contribution in [3.8, 4) is 11.1 Å². The summed E-state index contributed by atoms with van der Waals surface area (Å²) in [7, 11) is 0. The molecule has 0 saturated carbocycles. The number of rotatable bonds is 16. The van der Waals surface area contributed by atoms with Gasteiger partial charge in [0.2, 0.25) is 11.8 Å². The molecule has 0 aromatic heterocycles. The summed E-state index contributed by atoms with van der Waals surface area (Å²) >= 11 is 0. The van der Waals surface area contributed by atoms with Crippen molar-refractivity contribution in [2.24, 2.45) is 5.92 Å². The predicted molar refractivity (Wildman–Crippen MR) is 178 cm³/mol. The summed E-state index contributed by atoms with van der Waals surface area (Å²) < 4.78 is 10.8. The highest BCUT2D eigenvalue weighted by atomic mass is 16.6. The van der Waals surface area contributed by atoms with Crippen LogP contribution in [0.4, 0.5) is 9.59 Å². The Morgan fingerprint density at radius 3 is 1.90 bits per heavy atom. The molecular weight excluding hydrogens is 620 g/mol. The molecule has 2 aromatic carbocycles. The zero-order valence-electron chi connectivity index (χ0n) is 28.2. The first-order chi connectivity index (χ1) is 22.7. The van der Waals surface area contributed by atoms with Crippen molar-refractivity contribution >= 4 is 30.0 Å². The maximum atomic E-state index is 13.3. The van der Waals surface area contributed by atoms with E-state index in [1.54, 1.807) is 20.8 Å². The normalized spacial score (nSPS) is 14.1. The summed E-state index contributed by atoms with van der Waals surface area (Å²) in [4.78, 5) is 62.8. The number of aliphatic hydroxyl groups excluding tert-OH is 1. The molecule has 262 valence electrons. The number of fused-ring (bicyclic) bond motifs is 3. The van der Waals surface area contributed by atoms with Gasteiger partial charge in [0.1, 0.15) is 30.3 Å². The lowest BCUT2D eigenvalue weighted by atomic mass is 9.98. The summed E-state index contributed by atoms with van der Waals surface area (Å²) in [5.74, 6) is -2.98. The molecule has 3 unspecified atom stereocenters. The second-order valence-electron chi connectivity index (χ2n) is 13.2. The molecule has 2 aromatic rings. The molecule has 1 aliphatic rings. The number of unbranched alkanes of at least 4 members (excludes halogenated alkanes) is 1. The van der Waals surface area contributed by atoms with Crippen LogP contribution in [0.3, 0.4) is 0 Å². The van der Waals surface area contributed by atoms with Crippen LogP contribution in [0.15, 0.2) is 48.5 Å². The Morgan fingerprint density at radius 1 is 0.792 bits per heavy atom. The van der Waals surface area contributed by atoms with Crippen LogP contribution in [-0.2, 0) is 23.9 Å². The molecule has 6 N–H and O–H groups in total. The Balaban J connectivity index is 1.56. The Hall–Kier alpha value is -4.65. The molecular formula is C35H48N4O9. The molecule has 3 rings (SSSR count). The van der Waals surface area contributed by atoms with E-state index in [4.69, 9.17) is 9.47 Å². The summed E-state index contributed by atoms with van der Waals surface area (Å²) in [5.41, 5.74) is 3.65. The Labute approximate surface area is 281 Å². The number of carboxylic acids is 1.